The van der Waals surface area contributed by atoms with E-state index >= 15 is 0 Å². The van der Waals surface area contributed by atoms with Gasteiger partial charge in [-0.25, -0.2) is 0 Å². The number of phenolic OH excluding ortho intramolecular Hbond substituents is 1. The number of carbonyl (C=O) groups excluding carboxylic acids is 2. The number of ketones is 1. The number of ether oxygens (including phenoxy) is 2. The number of carbonyl (C=O) groups is 2. The van der Waals surface area contributed by atoms with Crippen LogP contribution in [0.3, 0.4) is 0 Å². The largest absolute Gasteiger partial charge is 0.507 e. The van der Waals surface area contributed by atoms with Crippen LogP contribution in [0.2, 0.25) is 5.02 Å². The van der Waals surface area contributed by atoms with E-state index in [4.69, 9.17) is 21.1 Å². The van der Waals surface area contributed by atoms with Gasteiger partial charge in [-0.05, 0) is 93.8 Å². The third kappa shape index (κ3) is 5.07. The van der Waals surface area contributed by atoms with Crippen molar-refractivity contribution >= 4 is 34.7 Å². The summed E-state index contributed by atoms with van der Waals surface area (Å²) in [7, 11) is 0. The van der Waals surface area contributed by atoms with E-state index in [1.807, 2.05) is 20.8 Å². The van der Waals surface area contributed by atoms with Crippen LogP contribution >= 0.6 is 11.6 Å². The Balaban J connectivity index is 1.95. The highest BCUT2D eigenvalue weighted by Crippen LogP contribution is 2.45. The zero-order chi connectivity index (χ0) is 27.7. The van der Waals surface area contributed by atoms with Gasteiger partial charge in [-0.2, -0.15) is 0 Å². The highest BCUT2D eigenvalue weighted by molar-refractivity contribution is 6.52. The number of rotatable bonds is 7. The van der Waals surface area contributed by atoms with Crippen LogP contribution in [-0.4, -0.2) is 34.6 Å². The number of Topliss-reactive ketones (excluding diaryl/α,β-unsaturated/α-hetero) is 1. The monoisotopic (exact) mass is 535 g/mol. The summed E-state index contributed by atoms with van der Waals surface area (Å²) >= 11 is 6.27. The second-order valence-corrected chi connectivity index (χ2v) is 9.84. The fraction of sp³-hybridized carbons (Fsp3) is 0.267. The number of benzene rings is 3. The minimum Gasteiger partial charge on any atom is -0.507 e. The fourth-order valence-electron chi connectivity index (χ4n) is 4.55. The molecule has 198 valence electrons. The van der Waals surface area contributed by atoms with Crippen molar-refractivity contribution in [3.05, 3.63) is 87.4 Å². The number of nitrogens with zero attached hydrogens (tertiary/aromatic N) is 1. The van der Waals surface area contributed by atoms with Crippen molar-refractivity contribution < 1.29 is 29.3 Å². The minimum absolute atomic E-state index is 0.0339. The Morgan fingerprint density at radius 1 is 1.00 bits per heavy atom. The highest BCUT2D eigenvalue weighted by atomic mass is 35.5. The van der Waals surface area contributed by atoms with Crippen LogP contribution in [0.1, 0.15) is 49.1 Å². The Labute approximate surface area is 226 Å². The molecule has 0 bridgehead atoms. The molecule has 1 aliphatic heterocycles. The summed E-state index contributed by atoms with van der Waals surface area (Å²) in [6.07, 6.45) is -0.0339. The summed E-state index contributed by atoms with van der Waals surface area (Å²) in [6.45, 7) is 9.56. The fourth-order valence-corrected chi connectivity index (χ4v) is 4.72. The first-order valence-corrected chi connectivity index (χ1v) is 12.7. The Morgan fingerprint density at radius 3 is 2.39 bits per heavy atom. The van der Waals surface area contributed by atoms with Crippen LogP contribution in [-0.2, 0) is 9.59 Å². The molecule has 1 fully saturated rings. The summed E-state index contributed by atoms with van der Waals surface area (Å²) in [5.74, 6) is -1.18. The maximum Gasteiger partial charge on any atom is 0.300 e. The molecule has 0 spiro atoms. The molecule has 1 amide bonds. The third-order valence-corrected chi connectivity index (χ3v) is 6.52. The molecular formula is C30H30ClNO6. The van der Waals surface area contributed by atoms with E-state index in [0.717, 1.165) is 11.1 Å². The second kappa shape index (κ2) is 10.8. The molecule has 8 heteroatoms. The Kier molecular flexibility index (Phi) is 7.69. The van der Waals surface area contributed by atoms with E-state index < -0.39 is 17.7 Å². The molecular weight excluding hydrogens is 506 g/mol. The van der Waals surface area contributed by atoms with Crippen molar-refractivity contribution in [3.63, 3.8) is 0 Å². The molecule has 0 aliphatic carbocycles. The number of aliphatic hydroxyl groups excluding tert-OH is 1. The van der Waals surface area contributed by atoms with Crippen LogP contribution in [0, 0.1) is 13.8 Å². The van der Waals surface area contributed by atoms with Gasteiger partial charge in [0, 0.05) is 16.3 Å². The minimum atomic E-state index is -1.00. The molecule has 1 saturated heterocycles. The van der Waals surface area contributed by atoms with Gasteiger partial charge < -0.3 is 19.7 Å². The van der Waals surface area contributed by atoms with Crippen LogP contribution in [0.25, 0.3) is 5.76 Å². The van der Waals surface area contributed by atoms with Gasteiger partial charge in [0.05, 0.1) is 24.3 Å². The topological polar surface area (TPSA) is 96.3 Å². The quantitative estimate of drug-likeness (QED) is 0.204. The number of anilines is 1. The number of hydrogen-bond donors (Lipinski definition) is 2. The van der Waals surface area contributed by atoms with E-state index in [0.29, 0.717) is 34.2 Å². The zero-order valence-corrected chi connectivity index (χ0v) is 22.7. The lowest BCUT2D eigenvalue weighted by Crippen LogP contribution is -2.30. The van der Waals surface area contributed by atoms with E-state index in [-0.39, 0.29) is 28.9 Å². The van der Waals surface area contributed by atoms with Crippen molar-refractivity contribution in [2.24, 2.45) is 0 Å². The van der Waals surface area contributed by atoms with Gasteiger partial charge in [0.15, 0.2) is 11.5 Å². The maximum atomic E-state index is 13.5. The molecule has 0 saturated carbocycles. The molecule has 1 unspecified atom stereocenters. The molecule has 4 rings (SSSR count). The normalized spacial score (nSPS) is 16.8. The lowest BCUT2D eigenvalue weighted by atomic mass is 9.94. The molecule has 1 atom stereocenters. The second-order valence-electron chi connectivity index (χ2n) is 9.41. The molecule has 2 N–H and O–H groups in total. The standard InChI is InChI=1S/C30H30ClNO6/c1-6-37-25-14-19(8-11-23(25)33)27-26(28(34)20-9-12-24(18(5)13-20)38-16(2)3)29(35)30(36)32(27)22-15-21(31)10-7-17(22)4/h7-16,27,33-34H,6H2,1-5H3/b28-26+. The smallest absolute Gasteiger partial charge is 0.300 e. The molecule has 3 aromatic carbocycles. The van der Waals surface area contributed by atoms with E-state index in [1.165, 1.54) is 11.0 Å². The van der Waals surface area contributed by atoms with Crippen LogP contribution < -0.4 is 14.4 Å². The first kappa shape index (κ1) is 27.1. The molecule has 1 heterocycles. The number of aliphatic hydroxyl groups is 1. The number of halogens is 1. The van der Waals surface area contributed by atoms with Crippen molar-refractivity contribution in [1.29, 1.82) is 0 Å². The first-order valence-electron chi connectivity index (χ1n) is 12.3. The Bertz CT molecular complexity index is 1440. The van der Waals surface area contributed by atoms with Gasteiger partial charge >= 0.3 is 0 Å². The SMILES string of the molecule is CCOc1cc(C2/C(=C(\O)c3ccc(OC(C)C)c(C)c3)C(=O)C(=O)N2c2cc(Cl)ccc2C)ccc1O. The zero-order valence-electron chi connectivity index (χ0n) is 21.9. The van der Waals surface area contributed by atoms with Gasteiger partial charge in [0.1, 0.15) is 11.5 Å². The number of amides is 1. The van der Waals surface area contributed by atoms with Gasteiger partial charge in [-0.3, -0.25) is 14.5 Å². The van der Waals surface area contributed by atoms with Gasteiger partial charge in [0.2, 0.25) is 0 Å². The van der Waals surface area contributed by atoms with Crippen LogP contribution in [0.15, 0.2) is 60.2 Å². The highest BCUT2D eigenvalue weighted by Gasteiger charge is 2.47. The average molecular weight is 536 g/mol. The lowest BCUT2D eigenvalue weighted by Gasteiger charge is -2.27. The Hall–Kier alpha value is -3.97. The maximum absolute atomic E-state index is 13.5. The number of phenols is 1. The predicted octanol–water partition coefficient (Wildman–Crippen LogP) is 6.47. The van der Waals surface area contributed by atoms with Crippen molar-refractivity contribution in [2.75, 3.05) is 11.5 Å². The van der Waals surface area contributed by atoms with Gasteiger partial charge in [-0.15, -0.1) is 0 Å². The Morgan fingerprint density at radius 2 is 1.74 bits per heavy atom. The number of hydrogen-bond acceptors (Lipinski definition) is 6. The molecule has 38 heavy (non-hydrogen) atoms. The van der Waals surface area contributed by atoms with Crippen LogP contribution in [0.5, 0.6) is 17.2 Å². The lowest BCUT2D eigenvalue weighted by molar-refractivity contribution is -0.132. The van der Waals surface area contributed by atoms with Gasteiger partial charge in [0.25, 0.3) is 11.7 Å². The summed E-state index contributed by atoms with van der Waals surface area (Å²) in [4.78, 5) is 28.4. The predicted molar refractivity (Wildman–Crippen MR) is 147 cm³/mol. The third-order valence-electron chi connectivity index (χ3n) is 6.29. The molecule has 0 aromatic heterocycles. The van der Waals surface area contributed by atoms with Crippen molar-refractivity contribution in [3.8, 4) is 17.2 Å². The molecule has 1 aliphatic rings. The number of aromatic hydroxyl groups is 1. The molecule has 7 nitrogen and oxygen atoms in total. The van der Waals surface area contributed by atoms with E-state index in [2.05, 4.69) is 0 Å². The van der Waals surface area contributed by atoms with E-state index in [1.54, 1.807) is 62.4 Å². The molecule has 0 radical (unpaired) electrons. The summed E-state index contributed by atoms with van der Waals surface area (Å²) in [6, 6.07) is 13.8. The van der Waals surface area contributed by atoms with Crippen LogP contribution in [0.4, 0.5) is 5.69 Å². The summed E-state index contributed by atoms with van der Waals surface area (Å²) < 4.78 is 11.4. The average Bonchev–Trinajstić information content (AvgIpc) is 3.13. The van der Waals surface area contributed by atoms with Crippen molar-refractivity contribution in [2.45, 2.75) is 46.8 Å². The van der Waals surface area contributed by atoms with Crippen molar-refractivity contribution in [1.82, 2.24) is 0 Å². The summed E-state index contributed by atoms with van der Waals surface area (Å²) in [5.41, 5.74) is 2.68. The van der Waals surface area contributed by atoms with E-state index in [9.17, 15) is 19.8 Å². The van der Waals surface area contributed by atoms with Gasteiger partial charge in [-0.1, -0.05) is 23.7 Å². The summed E-state index contributed by atoms with van der Waals surface area (Å²) in [5, 5.41) is 22.2. The first-order chi connectivity index (χ1) is 18.0. The molecule has 3 aromatic rings. The number of aryl methyl sites for hydroxylation is 2.